The minimum atomic E-state index is -2.77. The molecule has 3 rings (SSSR count). The van der Waals surface area contributed by atoms with Gasteiger partial charge in [-0.2, -0.15) is 10.2 Å². The molecule has 0 saturated carbocycles. The second-order valence-corrected chi connectivity index (χ2v) is 6.01. The van der Waals surface area contributed by atoms with Gasteiger partial charge in [0.2, 0.25) is 0 Å². The number of fused-ring (bicyclic) bond motifs is 1. The molecule has 0 bridgehead atoms. The molecule has 2 aromatic heterocycles. The van der Waals surface area contributed by atoms with Gasteiger partial charge in [-0.15, -0.1) is 0 Å². The van der Waals surface area contributed by atoms with Crippen molar-refractivity contribution in [1.82, 2.24) is 29.4 Å². The first kappa shape index (κ1) is 17.3. The van der Waals surface area contributed by atoms with E-state index in [0.717, 1.165) is 36.0 Å². The predicted octanol–water partition coefficient (Wildman–Crippen LogP) is 0.872. The molecule has 0 atom stereocenters. The van der Waals surface area contributed by atoms with E-state index in [4.69, 9.17) is 0 Å². The zero-order valence-corrected chi connectivity index (χ0v) is 13.9. The Bertz CT molecular complexity index is 823. The zero-order valence-electron chi connectivity index (χ0n) is 13.9. The van der Waals surface area contributed by atoms with Gasteiger partial charge in [0.05, 0.1) is 11.8 Å². The smallest absolute Gasteiger partial charge is 0.345 e. The van der Waals surface area contributed by atoms with Gasteiger partial charge in [0.1, 0.15) is 11.5 Å². The van der Waals surface area contributed by atoms with Gasteiger partial charge in [0.15, 0.2) is 0 Å². The second-order valence-electron chi connectivity index (χ2n) is 6.01. The molecule has 1 aliphatic rings. The van der Waals surface area contributed by atoms with E-state index in [1.807, 2.05) is 0 Å². The van der Waals surface area contributed by atoms with E-state index in [9.17, 15) is 18.4 Å². The van der Waals surface area contributed by atoms with Crippen LogP contribution in [0.15, 0.2) is 11.0 Å². The highest BCUT2D eigenvalue weighted by molar-refractivity contribution is 5.95. The molecular weight excluding hydrogens is 334 g/mol. The molecule has 8 nitrogen and oxygen atoms in total. The third kappa shape index (κ3) is 3.47. The summed E-state index contributed by atoms with van der Waals surface area (Å²) in [4.78, 5) is 24.2. The Hall–Kier alpha value is -2.52. The summed E-state index contributed by atoms with van der Waals surface area (Å²) in [6, 6.07) is 0. The van der Waals surface area contributed by atoms with Crippen LogP contribution in [-0.4, -0.2) is 36.6 Å². The Morgan fingerprint density at radius 1 is 1.40 bits per heavy atom. The number of carbonyl (C=O) groups excluding carboxylic acids is 1. The van der Waals surface area contributed by atoms with Crippen molar-refractivity contribution in [2.24, 2.45) is 7.05 Å². The monoisotopic (exact) mass is 354 g/mol. The molecule has 0 aliphatic carbocycles. The molecule has 0 unspecified atom stereocenters. The number of nitrogens with zero attached hydrogens (tertiary/aromatic N) is 5. The Morgan fingerprint density at radius 2 is 2.20 bits per heavy atom. The van der Waals surface area contributed by atoms with Crippen LogP contribution >= 0.6 is 0 Å². The molecule has 2 aromatic rings. The number of halogens is 2. The van der Waals surface area contributed by atoms with E-state index in [1.165, 1.54) is 11.7 Å². The van der Waals surface area contributed by atoms with Crippen molar-refractivity contribution >= 4 is 5.91 Å². The van der Waals surface area contributed by atoms with Gasteiger partial charge in [-0.1, -0.05) is 0 Å². The van der Waals surface area contributed by atoms with E-state index in [2.05, 4.69) is 15.5 Å². The minimum absolute atomic E-state index is 0.131. The molecule has 1 N–H and O–H groups in total. The van der Waals surface area contributed by atoms with Crippen molar-refractivity contribution in [2.45, 2.75) is 45.2 Å². The first-order chi connectivity index (χ1) is 12.0. The number of amides is 1. The molecule has 1 amide bonds. The summed E-state index contributed by atoms with van der Waals surface area (Å²) in [5.74, 6) is 0.206. The molecule has 0 saturated heterocycles. The molecule has 0 aromatic carbocycles. The van der Waals surface area contributed by atoms with Crippen LogP contribution < -0.4 is 11.0 Å². The number of carbonyl (C=O) groups is 1. The summed E-state index contributed by atoms with van der Waals surface area (Å²) >= 11 is 0. The standard InChI is InChI=1S/C15H20F2N6O2/c1-21-12(13(16)17)10(9-19-21)14(24)18-6-4-8-23-15(25)22-7-3-2-5-11(22)20-23/h9,13H,2-8H2,1H3,(H,18,24). The highest BCUT2D eigenvalue weighted by Crippen LogP contribution is 2.21. The number of hydrogen-bond acceptors (Lipinski definition) is 4. The average molecular weight is 354 g/mol. The maximum Gasteiger partial charge on any atom is 0.345 e. The number of aromatic nitrogens is 5. The lowest BCUT2D eigenvalue weighted by Crippen LogP contribution is -2.29. The number of rotatable bonds is 6. The molecule has 0 radical (unpaired) electrons. The van der Waals surface area contributed by atoms with E-state index in [0.29, 0.717) is 19.5 Å². The highest BCUT2D eigenvalue weighted by atomic mass is 19.3. The van der Waals surface area contributed by atoms with Gasteiger partial charge in [-0.3, -0.25) is 14.0 Å². The van der Waals surface area contributed by atoms with Gasteiger partial charge in [0.25, 0.3) is 12.3 Å². The number of nitrogens with one attached hydrogen (secondary N) is 1. The number of hydrogen-bond donors (Lipinski definition) is 1. The molecule has 3 heterocycles. The van der Waals surface area contributed by atoms with E-state index >= 15 is 0 Å². The maximum atomic E-state index is 13.0. The quantitative estimate of drug-likeness (QED) is 0.780. The lowest BCUT2D eigenvalue weighted by molar-refractivity contribution is 0.0935. The van der Waals surface area contributed by atoms with Crippen LogP contribution in [0.25, 0.3) is 0 Å². The van der Waals surface area contributed by atoms with Gasteiger partial charge >= 0.3 is 5.69 Å². The zero-order chi connectivity index (χ0) is 18.0. The van der Waals surface area contributed by atoms with Crippen LogP contribution in [0.4, 0.5) is 8.78 Å². The molecule has 10 heteroatoms. The minimum Gasteiger partial charge on any atom is -0.352 e. The van der Waals surface area contributed by atoms with Crippen LogP contribution in [0.3, 0.4) is 0 Å². The molecular formula is C15H20F2N6O2. The fourth-order valence-electron chi connectivity index (χ4n) is 3.00. The van der Waals surface area contributed by atoms with Crippen LogP contribution in [0.5, 0.6) is 0 Å². The van der Waals surface area contributed by atoms with Crippen molar-refractivity contribution in [3.63, 3.8) is 0 Å². The van der Waals surface area contributed by atoms with Crippen LogP contribution in [-0.2, 0) is 26.6 Å². The highest BCUT2D eigenvalue weighted by Gasteiger charge is 2.23. The first-order valence-corrected chi connectivity index (χ1v) is 8.24. The molecule has 25 heavy (non-hydrogen) atoms. The summed E-state index contributed by atoms with van der Waals surface area (Å²) in [5, 5.41) is 10.6. The second kappa shape index (κ2) is 7.16. The van der Waals surface area contributed by atoms with Crippen LogP contribution in [0.2, 0.25) is 0 Å². The summed E-state index contributed by atoms with van der Waals surface area (Å²) in [5.41, 5.74) is -0.670. The fourth-order valence-corrected chi connectivity index (χ4v) is 3.00. The summed E-state index contributed by atoms with van der Waals surface area (Å²) < 4.78 is 30.0. The third-order valence-electron chi connectivity index (χ3n) is 4.30. The number of alkyl halides is 2. The van der Waals surface area contributed by atoms with Gasteiger partial charge < -0.3 is 5.32 Å². The van der Waals surface area contributed by atoms with Gasteiger partial charge in [-0.25, -0.2) is 18.3 Å². The lowest BCUT2D eigenvalue weighted by Gasteiger charge is -2.09. The Kier molecular flexibility index (Phi) is 4.95. The molecule has 1 aliphatic heterocycles. The van der Waals surface area contributed by atoms with Crippen molar-refractivity contribution in [1.29, 1.82) is 0 Å². The van der Waals surface area contributed by atoms with Crippen LogP contribution in [0, 0.1) is 0 Å². The van der Waals surface area contributed by atoms with E-state index in [-0.39, 0.29) is 17.8 Å². The topological polar surface area (TPSA) is 86.7 Å². The molecule has 0 spiro atoms. The largest absolute Gasteiger partial charge is 0.352 e. The maximum absolute atomic E-state index is 13.0. The fraction of sp³-hybridized carbons (Fsp3) is 0.600. The van der Waals surface area contributed by atoms with Crippen molar-refractivity contribution in [2.75, 3.05) is 6.54 Å². The summed E-state index contributed by atoms with van der Waals surface area (Å²) in [6.07, 6.45) is 1.65. The van der Waals surface area contributed by atoms with E-state index < -0.39 is 18.0 Å². The van der Waals surface area contributed by atoms with Crippen molar-refractivity contribution < 1.29 is 13.6 Å². The normalized spacial score (nSPS) is 13.9. The number of aryl methyl sites for hydroxylation is 3. The Morgan fingerprint density at radius 3 is 2.92 bits per heavy atom. The molecule has 136 valence electrons. The summed E-state index contributed by atoms with van der Waals surface area (Å²) in [7, 11) is 1.37. The summed E-state index contributed by atoms with van der Waals surface area (Å²) in [6.45, 7) is 1.32. The van der Waals surface area contributed by atoms with E-state index in [1.54, 1.807) is 4.57 Å². The van der Waals surface area contributed by atoms with Crippen LogP contribution in [0.1, 0.15) is 47.6 Å². The first-order valence-electron chi connectivity index (χ1n) is 8.24. The average Bonchev–Trinajstić information content (AvgIpc) is 3.12. The van der Waals surface area contributed by atoms with Gasteiger partial charge in [0, 0.05) is 33.1 Å². The predicted molar refractivity (Wildman–Crippen MR) is 84.5 cm³/mol. The van der Waals surface area contributed by atoms with Gasteiger partial charge in [-0.05, 0) is 19.3 Å². The third-order valence-corrected chi connectivity index (χ3v) is 4.30. The van der Waals surface area contributed by atoms with Crippen molar-refractivity contribution in [3.8, 4) is 0 Å². The molecule has 0 fully saturated rings. The Labute approximate surface area is 142 Å². The SMILES string of the molecule is Cn1ncc(C(=O)NCCCn2nc3n(c2=O)CCCC3)c1C(F)F. The lowest BCUT2D eigenvalue weighted by atomic mass is 10.2. The Balaban J connectivity index is 1.55. The van der Waals surface area contributed by atoms with Crippen molar-refractivity contribution in [3.05, 3.63) is 33.8 Å².